The summed E-state index contributed by atoms with van der Waals surface area (Å²) in [5, 5.41) is 43.5. The van der Waals surface area contributed by atoms with Gasteiger partial charge in [0.1, 0.15) is 29.9 Å². The zero-order valence-corrected chi connectivity index (χ0v) is 16.8. The van der Waals surface area contributed by atoms with Crippen LogP contribution in [0.1, 0.15) is 37.2 Å². The number of likely N-dealkylation sites (N-methyl/N-ethyl adjacent to an activating group) is 1. The molecule has 0 saturated carbocycles. The van der Waals surface area contributed by atoms with Crippen LogP contribution in [0.15, 0.2) is 0 Å². The van der Waals surface area contributed by atoms with Gasteiger partial charge in [-0.05, 0) is 38.9 Å². The molecule has 9 atom stereocenters. The van der Waals surface area contributed by atoms with Crippen LogP contribution in [-0.4, -0.2) is 99.0 Å². The Kier molecular flexibility index (Phi) is 6.80. The monoisotopic (exact) mass is 410 g/mol. The first-order valence-corrected chi connectivity index (χ1v) is 10.7. The van der Waals surface area contributed by atoms with Crippen LogP contribution in [-0.2, 0) is 9.53 Å². The number of aliphatic hydroxyl groups excluding tert-OH is 4. The third-order valence-electron chi connectivity index (χ3n) is 5.41. The maximum atomic E-state index is 13.0. The summed E-state index contributed by atoms with van der Waals surface area (Å²) >= 11 is 1.13. The molecule has 1 amide bonds. The molecule has 0 aromatic heterocycles. The minimum Gasteiger partial charge on any atom is -0.391 e. The van der Waals surface area contributed by atoms with Crippen molar-refractivity contribution in [2.24, 2.45) is 5.92 Å². The first kappa shape index (κ1) is 18.6. The van der Waals surface area contributed by atoms with Crippen molar-refractivity contribution >= 4 is 17.7 Å². The van der Waals surface area contributed by atoms with Gasteiger partial charge >= 0.3 is 0 Å². The Morgan fingerprint density at radius 2 is 2.07 bits per heavy atom. The number of thioether (sulfide) groups is 1. The van der Waals surface area contributed by atoms with Gasteiger partial charge in [-0.3, -0.25) is 9.69 Å². The Morgan fingerprint density at radius 3 is 2.63 bits per heavy atom. The van der Waals surface area contributed by atoms with Crippen molar-refractivity contribution in [3.05, 3.63) is 0 Å². The molecule has 2 fully saturated rings. The lowest BCUT2D eigenvalue weighted by Crippen LogP contribution is -2.65. The number of amides is 1. The predicted molar refractivity (Wildman–Crippen MR) is 103 cm³/mol. The zero-order chi connectivity index (χ0) is 22.8. The van der Waals surface area contributed by atoms with Gasteiger partial charge in [-0.2, -0.15) is 0 Å². The van der Waals surface area contributed by atoms with Crippen molar-refractivity contribution in [1.29, 1.82) is 0 Å². The molecule has 2 rings (SSSR count). The fraction of sp³-hybridized carbons (Fsp3) is 0.944. The molecule has 0 bridgehead atoms. The van der Waals surface area contributed by atoms with Crippen LogP contribution in [0.5, 0.6) is 0 Å². The summed E-state index contributed by atoms with van der Waals surface area (Å²) in [5.41, 5.74) is -0.856. The van der Waals surface area contributed by atoms with Crippen LogP contribution in [0.3, 0.4) is 0 Å². The highest BCUT2D eigenvalue weighted by atomic mass is 32.2. The lowest BCUT2D eigenvalue weighted by atomic mass is 9.92. The number of ether oxygens (including phenoxy) is 1. The maximum absolute atomic E-state index is 13.0. The number of rotatable bonds is 7. The van der Waals surface area contributed by atoms with Crippen LogP contribution in [0.4, 0.5) is 0 Å². The zero-order valence-electron chi connectivity index (χ0n) is 19.0. The number of nitrogens with zero attached hydrogens (tertiary/aromatic N) is 1. The smallest absolute Gasteiger partial charge is 0.237 e. The highest BCUT2D eigenvalue weighted by Crippen LogP contribution is 2.30. The molecule has 0 aliphatic carbocycles. The van der Waals surface area contributed by atoms with Gasteiger partial charge in [-0.1, -0.05) is 13.3 Å². The van der Waals surface area contributed by atoms with Crippen molar-refractivity contribution in [3.63, 3.8) is 0 Å². The number of likely N-dealkylation sites (tertiary alicyclic amines) is 1. The van der Waals surface area contributed by atoms with Gasteiger partial charge < -0.3 is 30.5 Å². The Balaban J connectivity index is 2.20. The minimum absolute atomic E-state index is 0.0746. The molecule has 0 aromatic rings. The number of hydrogen-bond acceptors (Lipinski definition) is 8. The number of carbonyl (C=O) groups is 1. The van der Waals surface area contributed by atoms with E-state index in [9.17, 15) is 25.2 Å². The summed E-state index contributed by atoms with van der Waals surface area (Å²) in [4.78, 5) is 14.2. The van der Waals surface area contributed by atoms with Gasteiger partial charge in [-0.15, -0.1) is 11.8 Å². The van der Waals surface area contributed by atoms with Gasteiger partial charge in [0.2, 0.25) is 5.91 Å². The quantitative estimate of drug-likeness (QED) is 0.344. The van der Waals surface area contributed by atoms with E-state index in [2.05, 4.69) is 5.32 Å². The van der Waals surface area contributed by atoms with E-state index in [-0.39, 0.29) is 12.5 Å². The second kappa shape index (κ2) is 9.87. The average Bonchev–Trinajstić information content (AvgIpc) is 3.09. The molecular formula is C18H34N2O6S. The van der Waals surface area contributed by atoms with E-state index in [1.807, 2.05) is 6.92 Å². The van der Waals surface area contributed by atoms with E-state index in [0.29, 0.717) is 6.42 Å². The predicted octanol–water partition coefficient (Wildman–Crippen LogP) is -0.857. The first-order valence-electron chi connectivity index (χ1n) is 10.9. The first-order chi connectivity index (χ1) is 13.9. The van der Waals surface area contributed by atoms with Gasteiger partial charge in [0, 0.05) is 10.7 Å². The van der Waals surface area contributed by atoms with Gasteiger partial charge in [0.15, 0.2) is 0 Å². The number of aliphatic hydroxyl groups is 4. The number of nitrogens with one attached hydrogen (secondary N) is 1. The number of hydrogen-bond donors (Lipinski definition) is 5. The Bertz CT molecular complexity index is 583. The van der Waals surface area contributed by atoms with Crippen molar-refractivity contribution in [1.82, 2.24) is 10.2 Å². The molecular weight excluding hydrogens is 373 g/mol. The second-order valence-electron chi connectivity index (χ2n) is 7.51. The molecule has 2 aliphatic heterocycles. The van der Waals surface area contributed by atoms with E-state index in [4.69, 9.17) is 8.85 Å². The lowest BCUT2D eigenvalue weighted by Gasteiger charge is -2.44. The second-order valence-corrected chi connectivity index (χ2v) is 8.45. The lowest BCUT2D eigenvalue weighted by molar-refractivity contribution is -0.211. The van der Waals surface area contributed by atoms with Gasteiger partial charge in [0.25, 0.3) is 0 Å². The largest absolute Gasteiger partial charge is 0.391 e. The summed E-state index contributed by atoms with van der Waals surface area (Å²) in [6.07, 6.45) is -3.00. The van der Waals surface area contributed by atoms with Crippen LogP contribution < -0.4 is 5.32 Å². The summed E-state index contributed by atoms with van der Waals surface area (Å²) in [6.45, 7) is 1.25. The maximum Gasteiger partial charge on any atom is 0.237 e. The third-order valence-corrected chi connectivity index (χ3v) is 6.26. The summed E-state index contributed by atoms with van der Waals surface area (Å²) in [7, 11) is 0. The molecule has 0 radical (unpaired) electrons. The Labute approximate surface area is 169 Å². The number of carbonyl (C=O) groups excluding carboxylic acids is 1. The summed E-state index contributed by atoms with van der Waals surface area (Å²) < 4.78 is 29.0. The van der Waals surface area contributed by atoms with Crippen LogP contribution in [0.25, 0.3) is 0 Å². The molecule has 9 heteroatoms. The molecule has 5 N–H and O–H groups in total. The standard InChI is InChI=1S/C18H34N2O6S/c1-5-6-10-7-11(20(3)8-10)17(25)19-12(9(2)21)16-14(23)13(22)15(24)18(26-16)27-4/h9-16,18,21-24H,5-8H2,1-4H3,(H,19,25)/t9-,10-,11+,12-,13+,14-,15-,16-,18-/m1/s1/i3+1D3. The summed E-state index contributed by atoms with van der Waals surface area (Å²) in [5.74, 6) is -0.502. The minimum atomic E-state index is -2.43. The highest BCUT2D eigenvalue weighted by molar-refractivity contribution is 7.99. The molecule has 27 heavy (non-hydrogen) atoms. The van der Waals surface area contributed by atoms with Crippen molar-refractivity contribution in [2.45, 2.75) is 81.1 Å². The van der Waals surface area contributed by atoms with E-state index >= 15 is 0 Å². The van der Waals surface area contributed by atoms with Crippen molar-refractivity contribution < 1.29 is 34.1 Å². The highest BCUT2D eigenvalue weighted by Gasteiger charge is 2.48. The fourth-order valence-corrected chi connectivity index (χ4v) is 4.57. The van der Waals surface area contributed by atoms with Crippen LogP contribution >= 0.6 is 11.8 Å². The third kappa shape index (κ3) is 5.14. The molecule has 0 aromatic carbocycles. The molecule has 0 unspecified atom stereocenters. The normalized spacial score (nSPS) is 42.0. The van der Waals surface area contributed by atoms with E-state index in [1.54, 1.807) is 6.26 Å². The average molecular weight is 411 g/mol. The van der Waals surface area contributed by atoms with Crippen LogP contribution in [0.2, 0.25) is 0 Å². The molecule has 158 valence electrons. The molecule has 2 aliphatic rings. The Morgan fingerprint density at radius 1 is 1.37 bits per heavy atom. The summed E-state index contributed by atoms with van der Waals surface area (Å²) in [6, 6.07) is -2.00. The van der Waals surface area contributed by atoms with E-state index in [1.165, 1.54) is 11.8 Å². The topological polar surface area (TPSA) is 122 Å². The van der Waals surface area contributed by atoms with Crippen molar-refractivity contribution in [3.8, 4) is 0 Å². The Hall–Kier alpha value is -0.420. The van der Waals surface area contributed by atoms with E-state index in [0.717, 1.165) is 24.6 Å². The van der Waals surface area contributed by atoms with Crippen LogP contribution in [0, 0.1) is 5.92 Å². The van der Waals surface area contributed by atoms with Gasteiger partial charge in [-0.25, -0.2) is 0 Å². The van der Waals surface area contributed by atoms with E-state index < -0.39 is 60.9 Å². The SMILES string of the molecule is [2H][13C]([2H])([2H])N1C[C@H](CCC)C[C@H]1C(=O)N[C@@H]([C@H]1O[C@H](SC)[C@H](O)[C@@H](O)[C@H]1O)[C@@H](C)O. The van der Waals surface area contributed by atoms with Crippen molar-refractivity contribution in [2.75, 3.05) is 19.8 Å². The molecule has 0 spiro atoms. The fourth-order valence-electron chi connectivity index (χ4n) is 3.89. The molecule has 2 saturated heterocycles. The molecule has 8 nitrogen and oxygen atoms in total. The van der Waals surface area contributed by atoms with Gasteiger partial charge in [0.05, 0.1) is 18.2 Å². The molecule has 2 heterocycles.